The lowest BCUT2D eigenvalue weighted by Crippen LogP contribution is -2.29. The minimum atomic E-state index is 0.0321. The summed E-state index contributed by atoms with van der Waals surface area (Å²) in [5.74, 6) is 0. The molecule has 2 N–H and O–H groups in total. The van der Waals surface area contributed by atoms with Gasteiger partial charge in [0.1, 0.15) is 0 Å². The van der Waals surface area contributed by atoms with Gasteiger partial charge in [-0.15, -0.1) is 0 Å². The van der Waals surface area contributed by atoms with Crippen LogP contribution in [-0.2, 0) is 6.54 Å². The number of hydrogen-bond donors (Lipinski definition) is 1. The summed E-state index contributed by atoms with van der Waals surface area (Å²) in [6.07, 6.45) is 0. The van der Waals surface area contributed by atoms with Gasteiger partial charge in [0.15, 0.2) is 0 Å². The maximum Gasteiger partial charge on any atom is 0.0547 e. The Hall–Kier alpha value is -1.71. The van der Waals surface area contributed by atoms with E-state index in [-0.39, 0.29) is 6.04 Å². The van der Waals surface area contributed by atoms with Gasteiger partial charge in [0.2, 0.25) is 0 Å². The summed E-state index contributed by atoms with van der Waals surface area (Å²) in [6.45, 7) is 5.75. The van der Waals surface area contributed by atoms with Crippen molar-refractivity contribution in [3.63, 3.8) is 0 Å². The molecular formula is C17H23N3. The summed E-state index contributed by atoms with van der Waals surface area (Å²) < 4.78 is 0. The third-order valence-electron chi connectivity index (χ3n) is 3.36. The maximum atomic E-state index is 6.29. The summed E-state index contributed by atoms with van der Waals surface area (Å²) >= 11 is 0. The van der Waals surface area contributed by atoms with Gasteiger partial charge in [-0.05, 0) is 38.6 Å². The van der Waals surface area contributed by atoms with E-state index >= 15 is 0 Å². The minimum Gasteiger partial charge on any atom is -0.323 e. The average molecular weight is 269 g/mol. The second kappa shape index (κ2) is 6.64. The molecule has 1 aromatic carbocycles. The molecule has 2 rings (SSSR count). The number of likely N-dealkylation sites (N-methyl/N-ethyl adjacent to an activating group) is 1. The second-order valence-electron chi connectivity index (χ2n) is 5.49. The van der Waals surface area contributed by atoms with Crippen LogP contribution >= 0.6 is 0 Å². The molecule has 0 saturated heterocycles. The molecule has 1 aromatic heterocycles. The fourth-order valence-electron chi connectivity index (χ4n) is 2.37. The molecule has 0 aliphatic heterocycles. The Balaban J connectivity index is 1.95. The van der Waals surface area contributed by atoms with Crippen LogP contribution in [0.3, 0.4) is 0 Å². The van der Waals surface area contributed by atoms with E-state index in [1.807, 2.05) is 19.1 Å². The zero-order chi connectivity index (χ0) is 14.5. The largest absolute Gasteiger partial charge is 0.323 e. The molecule has 1 heterocycles. The number of hydrogen-bond acceptors (Lipinski definition) is 3. The van der Waals surface area contributed by atoms with Crippen molar-refractivity contribution in [2.24, 2.45) is 5.73 Å². The Morgan fingerprint density at radius 1 is 1.15 bits per heavy atom. The highest BCUT2D eigenvalue weighted by Crippen LogP contribution is 2.14. The normalized spacial score (nSPS) is 12.7. The quantitative estimate of drug-likeness (QED) is 0.907. The number of aryl methyl sites for hydroxylation is 2. The Kier molecular flexibility index (Phi) is 4.88. The molecule has 0 bridgehead atoms. The van der Waals surface area contributed by atoms with Crippen LogP contribution in [0.4, 0.5) is 0 Å². The van der Waals surface area contributed by atoms with Gasteiger partial charge in [-0.25, -0.2) is 0 Å². The fourth-order valence-corrected chi connectivity index (χ4v) is 2.37. The Morgan fingerprint density at radius 3 is 2.60 bits per heavy atom. The second-order valence-corrected chi connectivity index (χ2v) is 5.49. The van der Waals surface area contributed by atoms with Crippen molar-refractivity contribution in [3.05, 3.63) is 65.0 Å². The summed E-state index contributed by atoms with van der Waals surface area (Å²) in [5.41, 5.74) is 10.9. The molecule has 0 fully saturated rings. The molecule has 0 amide bonds. The number of nitrogens with two attached hydrogens (primary N) is 1. The van der Waals surface area contributed by atoms with Crippen molar-refractivity contribution in [2.45, 2.75) is 26.4 Å². The lowest BCUT2D eigenvalue weighted by atomic mass is 10.0. The topological polar surface area (TPSA) is 42.1 Å². The highest BCUT2D eigenvalue weighted by molar-refractivity contribution is 5.25. The predicted molar refractivity (Wildman–Crippen MR) is 83.4 cm³/mol. The lowest BCUT2D eigenvalue weighted by Gasteiger charge is -2.21. The van der Waals surface area contributed by atoms with E-state index in [2.05, 4.69) is 54.2 Å². The van der Waals surface area contributed by atoms with E-state index in [0.29, 0.717) is 0 Å². The number of benzene rings is 1. The third kappa shape index (κ3) is 4.15. The van der Waals surface area contributed by atoms with E-state index in [1.54, 1.807) is 0 Å². The first-order chi connectivity index (χ1) is 9.54. The van der Waals surface area contributed by atoms with Crippen molar-refractivity contribution in [2.75, 3.05) is 13.6 Å². The molecule has 1 unspecified atom stereocenters. The molecule has 0 radical (unpaired) electrons. The summed E-state index contributed by atoms with van der Waals surface area (Å²) in [4.78, 5) is 6.74. The van der Waals surface area contributed by atoms with E-state index < -0.39 is 0 Å². The predicted octanol–water partition coefficient (Wildman–Crippen LogP) is 2.83. The molecule has 2 aromatic rings. The van der Waals surface area contributed by atoms with Crippen LogP contribution in [0.5, 0.6) is 0 Å². The van der Waals surface area contributed by atoms with Crippen LogP contribution in [0.15, 0.2) is 42.5 Å². The van der Waals surface area contributed by atoms with Gasteiger partial charge in [0.05, 0.1) is 5.69 Å². The van der Waals surface area contributed by atoms with Gasteiger partial charge >= 0.3 is 0 Å². The van der Waals surface area contributed by atoms with E-state index in [9.17, 15) is 0 Å². The van der Waals surface area contributed by atoms with Crippen molar-refractivity contribution in [1.82, 2.24) is 9.88 Å². The van der Waals surface area contributed by atoms with Crippen LogP contribution in [0, 0.1) is 13.8 Å². The summed E-state index contributed by atoms with van der Waals surface area (Å²) in [6, 6.07) is 14.6. The first-order valence-electron chi connectivity index (χ1n) is 6.98. The van der Waals surface area contributed by atoms with E-state index in [0.717, 1.165) is 24.5 Å². The van der Waals surface area contributed by atoms with Crippen molar-refractivity contribution >= 4 is 0 Å². The molecular weight excluding hydrogens is 246 g/mol. The van der Waals surface area contributed by atoms with Crippen molar-refractivity contribution < 1.29 is 0 Å². The molecule has 0 saturated carbocycles. The van der Waals surface area contributed by atoms with Gasteiger partial charge in [0.25, 0.3) is 0 Å². The zero-order valence-electron chi connectivity index (χ0n) is 12.5. The lowest BCUT2D eigenvalue weighted by molar-refractivity contribution is 0.301. The van der Waals surface area contributed by atoms with Gasteiger partial charge in [0, 0.05) is 24.8 Å². The maximum absolute atomic E-state index is 6.29. The SMILES string of the molecule is Cc1cccc(C(N)CN(C)Cc2cccc(C)n2)c1. The number of aromatic nitrogens is 1. The molecule has 3 nitrogen and oxygen atoms in total. The Bertz CT molecular complexity index is 566. The smallest absolute Gasteiger partial charge is 0.0547 e. The zero-order valence-corrected chi connectivity index (χ0v) is 12.5. The number of pyridine rings is 1. The minimum absolute atomic E-state index is 0.0321. The molecule has 3 heteroatoms. The molecule has 0 aliphatic carbocycles. The van der Waals surface area contributed by atoms with Gasteiger partial charge in [-0.3, -0.25) is 9.88 Å². The van der Waals surface area contributed by atoms with Crippen LogP contribution < -0.4 is 5.73 Å². The van der Waals surface area contributed by atoms with Crippen LogP contribution in [0.2, 0.25) is 0 Å². The Labute approximate surface area is 121 Å². The standard InChI is InChI=1S/C17H23N3/c1-13-6-4-8-15(10-13)17(18)12-20(3)11-16-9-5-7-14(2)19-16/h4-10,17H,11-12,18H2,1-3H3. The van der Waals surface area contributed by atoms with E-state index in [4.69, 9.17) is 5.73 Å². The number of rotatable bonds is 5. The van der Waals surface area contributed by atoms with Crippen molar-refractivity contribution in [1.29, 1.82) is 0 Å². The van der Waals surface area contributed by atoms with E-state index in [1.165, 1.54) is 11.1 Å². The van der Waals surface area contributed by atoms with Crippen LogP contribution in [-0.4, -0.2) is 23.5 Å². The highest BCUT2D eigenvalue weighted by Gasteiger charge is 2.10. The number of nitrogens with zero attached hydrogens (tertiary/aromatic N) is 2. The molecule has 1 atom stereocenters. The first-order valence-corrected chi connectivity index (χ1v) is 6.98. The van der Waals surface area contributed by atoms with Crippen LogP contribution in [0.1, 0.15) is 28.6 Å². The fraction of sp³-hybridized carbons (Fsp3) is 0.353. The van der Waals surface area contributed by atoms with Gasteiger partial charge in [-0.1, -0.05) is 35.9 Å². The summed E-state index contributed by atoms with van der Waals surface area (Å²) in [5, 5.41) is 0. The van der Waals surface area contributed by atoms with Gasteiger partial charge < -0.3 is 5.73 Å². The first kappa shape index (κ1) is 14.7. The van der Waals surface area contributed by atoms with Gasteiger partial charge in [-0.2, -0.15) is 0 Å². The summed E-state index contributed by atoms with van der Waals surface area (Å²) in [7, 11) is 2.08. The average Bonchev–Trinajstić information content (AvgIpc) is 2.38. The molecule has 0 spiro atoms. The molecule has 106 valence electrons. The molecule has 20 heavy (non-hydrogen) atoms. The Morgan fingerprint density at radius 2 is 1.90 bits per heavy atom. The van der Waals surface area contributed by atoms with Crippen LogP contribution in [0.25, 0.3) is 0 Å². The van der Waals surface area contributed by atoms with Crippen molar-refractivity contribution in [3.8, 4) is 0 Å². The monoisotopic (exact) mass is 269 g/mol. The molecule has 0 aliphatic rings. The highest BCUT2D eigenvalue weighted by atomic mass is 15.1. The third-order valence-corrected chi connectivity index (χ3v) is 3.36.